The molecule has 0 bridgehead atoms. The van der Waals surface area contributed by atoms with Crippen LogP contribution in [0.25, 0.3) is 0 Å². The minimum absolute atomic E-state index is 0.00338. The molecule has 4 heterocycles. The van der Waals surface area contributed by atoms with Crippen LogP contribution in [0.4, 0.5) is 42.2 Å². The lowest BCUT2D eigenvalue weighted by Crippen LogP contribution is -2.55. The van der Waals surface area contributed by atoms with Gasteiger partial charge in [-0.2, -0.15) is 13.2 Å². The number of aliphatic hydroxyl groups is 1. The zero-order chi connectivity index (χ0) is 34.0. The highest BCUT2D eigenvalue weighted by Crippen LogP contribution is 2.47. The predicted octanol–water partition coefficient (Wildman–Crippen LogP) is 4.23. The maximum atomic E-state index is 14.8. The Morgan fingerprint density at radius 2 is 1.77 bits per heavy atom. The highest BCUT2D eigenvalue weighted by molar-refractivity contribution is 6.06. The van der Waals surface area contributed by atoms with Gasteiger partial charge < -0.3 is 20.6 Å². The fourth-order valence-electron chi connectivity index (χ4n) is 6.95. The second kappa shape index (κ2) is 11.7. The Bertz CT molecular complexity index is 1750. The third kappa shape index (κ3) is 5.66. The normalized spacial score (nSPS) is 24.4. The number of fused-ring (bicyclic) bond motifs is 3. The van der Waals surface area contributed by atoms with E-state index in [9.17, 15) is 45.4 Å². The van der Waals surface area contributed by atoms with E-state index in [2.05, 4.69) is 25.9 Å². The topological polar surface area (TPSA) is 119 Å². The molecule has 9 nitrogen and oxygen atoms in total. The summed E-state index contributed by atoms with van der Waals surface area (Å²) < 4.78 is 98.2. The lowest BCUT2D eigenvalue weighted by atomic mass is 9.78. The largest absolute Gasteiger partial charge is 0.406 e. The summed E-state index contributed by atoms with van der Waals surface area (Å²) in [6, 6.07) is 1.98. The van der Waals surface area contributed by atoms with Crippen LogP contribution in [-0.2, 0) is 27.8 Å². The van der Waals surface area contributed by atoms with Crippen LogP contribution in [0.1, 0.15) is 53.4 Å². The Morgan fingerprint density at radius 3 is 2.43 bits per heavy atom. The summed E-state index contributed by atoms with van der Waals surface area (Å²) in [7, 11) is 1.72. The Labute approximate surface area is 263 Å². The van der Waals surface area contributed by atoms with Gasteiger partial charge in [0.2, 0.25) is 11.8 Å². The first-order valence-electron chi connectivity index (χ1n) is 14.7. The van der Waals surface area contributed by atoms with Crippen LogP contribution in [0.5, 0.6) is 0 Å². The van der Waals surface area contributed by atoms with Crippen LogP contribution in [0, 0.1) is 29.2 Å². The summed E-state index contributed by atoms with van der Waals surface area (Å²) in [5, 5.41) is 19.4. The number of carbonyl (C=O) groups is 2. The van der Waals surface area contributed by atoms with E-state index >= 15 is 0 Å². The van der Waals surface area contributed by atoms with Crippen LogP contribution < -0.4 is 16.0 Å². The maximum absolute atomic E-state index is 14.8. The fraction of sp³-hybridized carbons (Fsp3) is 0.419. The molecule has 1 aliphatic carbocycles. The molecule has 16 heteroatoms. The van der Waals surface area contributed by atoms with E-state index in [1.54, 1.807) is 19.3 Å². The molecule has 1 saturated heterocycles. The molecule has 1 aromatic carbocycles. The van der Waals surface area contributed by atoms with E-state index in [0.29, 0.717) is 33.2 Å². The molecule has 3 aromatic rings. The number of aromatic nitrogens is 2. The van der Waals surface area contributed by atoms with Crippen molar-refractivity contribution in [3.05, 3.63) is 81.8 Å². The number of hydrogen-bond acceptors (Lipinski definition) is 7. The number of pyridine rings is 2. The van der Waals surface area contributed by atoms with Gasteiger partial charge in [-0.1, -0.05) is 0 Å². The first-order chi connectivity index (χ1) is 22.1. The van der Waals surface area contributed by atoms with E-state index in [4.69, 9.17) is 0 Å². The van der Waals surface area contributed by atoms with Gasteiger partial charge in [0.25, 0.3) is 0 Å². The number of rotatable bonds is 7. The molecule has 1 spiro atoms. The minimum Gasteiger partial charge on any atom is -0.387 e. The summed E-state index contributed by atoms with van der Waals surface area (Å²) in [4.78, 5) is 35.5. The molecular weight excluding hydrogens is 637 g/mol. The van der Waals surface area contributed by atoms with Gasteiger partial charge in [-0.3, -0.25) is 19.9 Å². The van der Waals surface area contributed by atoms with Crippen molar-refractivity contribution in [1.82, 2.24) is 20.2 Å². The van der Waals surface area contributed by atoms with Gasteiger partial charge in [0.1, 0.15) is 18.6 Å². The smallest absolute Gasteiger partial charge is 0.387 e. The summed E-state index contributed by atoms with van der Waals surface area (Å²) in [6.45, 7) is -1.09. The Morgan fingerprint density at radius 1 is 1.06 bits per heavy atom. The van der Waals surface area contributed by atoms with Crippen molar-refractivity contribution in [3.63, 3.8) is 0 Å². The van der Waals surface area contributed by atoms with E-state index < -0.39 is 89.9 Å². The number of halogens is 7. The highest BCUT2D eigenvalue weighted by atomic mass is 19.4. The van der Waals surface area contributed by atoms with Crippen molar-refractivity contribution in [2.24, 2.45) is 5.92 Å². The number of benzene rings is 1. The zero-order valence-corrected chi connectivity index (χ0v) is 25.0. The van der Waals surface area contributed by atoms with Gasteiger partial charge in [-0.15, -0.1) is 0 Å². The molecule has 5 unspecified atom stereocenters. The van der Waals surface area contributed by atoms with Crippen molar-refractivity contribution >= 4 is 23.3 Å². The summed E-state index contributed by atoms with van der Waals surface area (Å²) >= 11 is 0. The second-order valence-electron chi connectivity index (χ2n) is 12.2. The van der Waals surface area contributed by atoms with Crippen LogP contribution in [0.2, 0.25) is 0 Å². The van der Waals surface area contributed by atoms with Crippen molar-refractivity contribution < 1.29 is 45.4 Å². The van der Waals surface area contributed by atoms with E-state index in [0.717, 1.165) is 6.92 Å². The molecule has 4 N–H and O–H groups in total. The Hall–Kier alpha value is -4.31. The molecule has 2 aliphatic heterocycles. The molecule has 6 rings (SSSR count). The summed E-state index contributed by atoms with van der Waals surface area (Å²) in [5.74, 6) is -10.7. The van der Waals surface area contributed by atoms with Crippen molar-refractivity contribution in [2.45, 2.75) is 56.0 Å². The summed E-state index contributed by atoms with van der Waals surface area (Å²) in [6.07, 6.45) is -3.38. The summed E-state index contributed by atoms with van der Waals surface area (Å²) in [5.41, 5.74) is 0.857. The highest BCUT2D eigenvalue weighted by Gasteiger charge is 2.52. The van der Waals surface area contributed by atoms with E-state index in [1.165, 1.54) is 6.20 Å². The number of amides is 2. The molecule has 1 fully saturated rings. The average Bonchev–Trinajstić information content (AvgIpc) is 3.54. The molecular formula is C31H29F7N6O3. The quantitative estimate of drug-likeness (QED) is 0.169. The number of carbonyl (C=O) groups excluding carboxylic acids is 2. The van der Waals surface area contributed by atoms with Gasteiger partial charge in [0.05, 0.1) is 23.2 Å². The first kappa shape index (κ1) is 32.6. The molecule has 2 aromatic heterocycles. The maximum Gasteiger partial charge on any atom is 0.406 e. The zero-order valence-electron chi connectivity index (χ0n) is 25.0. The second-order valence-corrected chi connectivity index (χ2v) is 12.2. The van der Waals surface area contributed by atoms with Crippen LogP contribution in [0.3, 0.4) is 0 Å². The fourth-order valence-corrected chi connectivity index (χ4v) is 6.95. The number of aliphatic hydroxyl groups excluding tert-OH is 1. The van der Waals surface area contributed by atoms with Gasteiger partial charge >= 0.3 is 6.18 Å². The van der Waals surface area contributed by atoms with Gasteiger partial charge in [0, 0.05) is 66.6 Å². The van der Waals surface area contributed by atoms with Crippen molar-refractivity contribution in [2.75, 3.05) is 30.8 Å². The van der Waals surface area contributed by atoms with Gasteiger partial charge in [-0.05, 0) is 37.5 Å². The number of hydrogen-bond donors (Lipinski definition) is 4. The monoisotopic (exact) mass is 666 g/mol. The SMILES string of the molecule is CNc1cnc2c(c1)C1(Cc3cc(C(O)NCC4CC(c5c(F)c(F)cc(F)c5F)C(C)N(CC(F)(F)F)C4=O)cnc3C1)C(=O)N2. The lowest BCUT2D eigenvalue weighted by Gasteiger charge is -2.43. The minimum atomic E-state index is -4.89. The molecule has 5 atom stereocenters. The third-order valence-corrected chi connectivity index (χ3v) is 9.39. The molecule has 250 valence electrons. The lowest BCUT2D eigenvalue weighted by molar-refractivity contribution is -0.173. The van der Waals surface area contributed by atoms with E-state index in [1.807, 2.05) is 6.07 Å². The number of piperidine rings is 1. The number of alkyl halides is 3. The number of likely N-dealkylation sites (tertiary alicyclic amines) is 1. The molecule has 47 heavy (non-hydrogen) atoms. The number of anilines is 2. The molecule has 0 radical (unpaired) electrons. The van der Waals surface area contributed by atoms with E-state index in [-0.39, 0.29) is 30.4 Å². The third-order valence-electron chi connectivity index (χ3n) is 9.39. The Kier molecular flexibility index (Phi) is 8.15. The number of nitrogens with one attached hydrogen (secondary N) is 3. The van der Waals surface area contributed by atoms with Crippen LogP contribution in [-0.4, -0.2) is 64.1 Å². The van der Waals surface area contributed by atoms with Gasteiger partial charge in [-0.25, -0.2) is 22.5 Å². The number of nitrogens with zero attached hydrogens (tertiary/aromatic N) is 3. The van der Waals surface area contributed by atoms with Crippen LogP contribution >= 0.6 is 0 Å². The van der Waals surface area contributed by atoms with Gasteiger partial charge in [0.15, 0.2) is 23.3 Å². The molecule has 0 saturated carbocycles. The Balaban J connectivity index is 1.23. The van der Waals surface area contributed by atoms with Crippen LogP contribution in [0.15, 0.2) is 30.6 Å². The molecule has 3 aliphatic rings. The predicted molar refractivity (Wildman–Crippen MR) is 153 cm³/mol. The average molecular weight is 667 g/mol. The van der Waals surface area contributed by atoms with Crippen molar-refractivity contribution in [1.29, 1.82) is 0 Å². The standard InChI is InChI=1S/C31H29F7N6O3/c1-13-18(23-24(34)20(32)6-21(33)25(23)35)4-16(28(46)44(13)12-31(36,37)38)10-42-27(45)15-3-14-7-30(8-22(14)40-9-15)19-5-17(39-2)11-41-26(19)43-29(30)47/h3,5-6,9,11,13,16,18,27,39,42,45H,4,7-8,10,12H2,1-2H3,(H,41,43,47). The van der Waals surface area contributed by atoms with Crippen molar-refractivity contribution in [3.8, 4) is 0 Å². The first-order valence-corrected chi connectivity index (χ1v) is 14.7. The molecule has 2 amide bonds.